The minimum absolute atomic E-state index is 0.000795. The van der Waals surface area contributed by atoms with Crippen molar-refractivity contribution in [2.45, 2.75) is 11.5 Å². The number of anilines is 1. The van der Waals surface area contributed by atoms with Crippen LogP contribution in [0.2, 0.25) is 0 Å². The lowest BCUT2D eigenvalue weighted by Gasteiger charge is -2.14. The van der Waals surface area contributed by atoms with Crippen molar-refractivity contribution in [3.63, 3.8) is 0 Å². The van der Waals surface area contributed by atoms with Crippen LogP contribution in [0.3, 0.4) is 0 Å². The quantitative estimate of drug-likeness (QED) is 0.612. The maximum atomic E-state index is 13.0. The average Bonchev–Trinajstić information content (AvgIpc) is 2.71. The Bertz CT molecular complexity index is 1190. The third kappa shape index (κ3) is 4.22. The van der Waals surface area contributed by atoms with Crippen LogP contribution in [0.15, 0.2) is 44.9 Å². The number of fused-ring (bicyclic) bond motifs is 1. The van der Waals surface area contributed by atoms with E-state index in [9.17, 15) is 18.8 Å². The first kappa shape index (κ1) is 20.7. The van der Waals surface area contributed by atoms with E-state index < -0.39 is 17.1 Å². The highest BCUT2D eigenvalue weighted by Gasteiger charge is 2.18. The minimum atomic E-state index is -0.491. The van der Waals surface area contributed by atoms with E-state index in [1.165, 1.54) is 56.2 Å². The topological polar surface area (TPSA) is 95.2 Å². The number of pyridine rings is 1. The minimum Gasteiger partial charge on any atom is -0.380 e. The van der Waals surface area contributed by atoms with Gasteiger partial charge in [0.2, 0.25) is 5.91 Å². The highest BCUT2D eigenvalue weighted by Crippen LogP contribution is 2.28. The van der Waals surface area contributed by atoms with Crippen LogP contribution in [0.1, 0.15) is 5.56 Å². The maximum absolute atomic E-state index is 13.0. The molecule has 29 heavy (non-hydrogen) atoms. The van der Waals surface area contributed by atoms with Gasteiger partial charge in [-0.05, 0) is 24.3 Å². The van der Waals surface area contributed by atoms with Gasteiger partial charge in [-0.25, -0.2) is 14.2 Å². The normalized spacial score (nSPS) is 11.0. The van der Waals surface area contributed by atoms with Gasteiger partial charge in [0.15, 0.2) is 0 Å². The van der Waals surface area contributed by atoms with Crippen molar-refractivity contribution in [3.05, 3.63) is 62.7 Å². The highest BCUT2D eigenvalue weighted by molar-refractivity contribution is 8.00. The molecule has 1 aromatic carbocycles. The summed E-state index contributed by atoms with van der Waals surface area (Å²) in [5, 5.41) is 2.93. The summed E-state index contributed by atoms with van der Waals surface area (Å²) < 4.78 is 20.5. The van der Waals surface area contributed by atoms with Crippen LogP contribution in [0.25, 0.3) is 11.0 Å². The first-order valence-electron chi connectivity index (χ1n) is 8.58. The molecule has 3 rings (SSSR count). The number of thioether (sulfide) groups is 1. The number of rotatable bonds is 6. The monoisotopic (exact) mass is 418 g/mol. The van der Waals surface area contributed by atoms with E-state index in [4.69, 9.17) is 4.74 Å². The zero-order valence-corrected chi connectivity index (χ0v) is 16.9. The van der Waals surface area contributed by atoms with E-state index in [0.717, 1.165) is 16.3 Å². The fourth-order valence-electron chi connectivity index (χ4n) is 2.83. The van der Waals surface area contributed by atoms with Crippen molar-refractivity contribution in [1.29, 1.82) is 0 Å². The van der Waals surface area contributed by atoms with Gasteiger partial charge in [-0.1, -0.05) is 0 Å². The molecule has 2 aromatic heterocycles. The lowest BCUT2D eigenvalue weighted by Crippen LogP contribution is -2.37. The number of hydrogen-bond acceptors (Lipinski definition) is 6. The highest BCUT2D eigenvalue weighted by atomic mass is 32.2. The van der Waals surface area contributed by atoms with Gasteiger partial charge in [0.05, 0.1) is 17.7 Å². The summed E-state index contributed by atoms with van der Waals surface area (Å²) in [6, 6.07) is 5.42. The van der Waals surface area contributed by atoms with E-state index in [1.54, 1.807) is 0 Å². The molecule has 2 heterocycles. The summed E-state index contributed by atoms with van der Waals surface area (Å²) in [5.74, 6) is -0.720. The summed E-state index contributed by atoms with van der Waals surface area (Å²) in [4.78, 5) is 42.1. The molecule has 0 radical (unpaired) electrons. The molecule has 0 unspecified atom stereocenters. The summed E-state index contributed by atoms with van der Waals surface area (Å²) in [7, 11) is 4.43. The Morgan fingerprint density at radius 3 is 2.55 bits per heavy atom. The first-order valence-corrected chi connectivity index (χ1v) is 9.56. The van der Waals surface area contributed by atoms with Crippen molar-refractivity contribution in [3.8, 4) is 0 Å². The second-order valence-corrected chi connectivity index (χ2v) is 7.28. The Morgan fingerprint density at radius 2 is 1.90 bits per heavy atom. The van der Waals surface area contributed by atoms with Crippen molar-refractivity contribution in [1.82, 2.24) is 14.1 Å². The molecule has 0 aliphatic rings. The molecule has 8 nitrogen and oxygen atoms in total. The summed E-state index contributed by atoms with van der Waals surface area (Å²) >= 11 is 1.15. The Kier molecular flexibility index (Phi) is 6.14. The molecule has 0 fully saturated rings. The number of carbonyl (C=O) groups excluding carboxylic acids is 1. The largest absolute Gasteiger partial charge is 0.380 e. The molecule has 0 aliphatic carbocycles. The van der Waals surface area contributed by atoms with Crippen molar-refractivity contribution < 1.29 is 13.9 Å². The SMILES string of the molecule is COCc1cnc2c(c1SCC(=O)Nc1ccc(F)cc1)c(=O)n(C)c(=O)n2C. The number of nitrogens with zero attached hydrogens (tertiary/aromatic N) is 3. The molecule has 0 atom stereocenters. The number of hydrogen-bond donors (Lipinski definition) is 1. The lowest BCUT2D eigenvalue weighted by molar-refractivity contribution is -0.113. The standard InChI is InChI=1S/C19H19FN4O4S/c1-23-17-15(18(26)24(2)19(23)27)16(11(8-21-17)9-28-3)29-10-14(25)22-13-6-4-12(20)5-7-13/h4-8H,9-10H2,1-3H3,(H,22,25). The predicted octanol–water partition coefficient (Wildman–Crippen LogP) is 1.65. The van der Waals surface area contributed by atoms with E-state index in [0.29, 0.717) is 16.1 Å². The summed E-state index contributed by atoms with van der Waals surface area (Å²) in [5.41, 5.74) is 0.358. The van der Waals surface area contributed by atoms with Gasteiger partial charge in [-0.2, -0.15) is 0 Å². The average molecular weight is 418 g/mol. The Morgan fingerprint density at radius 1 is 1.21 bits per heavy atom. The van der Waals surface area contributed by atoms with Crippen LogP contribution in [-0.4, -0.2) is 32.9 Å². The molecule has 1 amide bonds. The predicted molar refractivity (Wildman–Crippen MR) is 109 cm³/mol. The van der Waals surface area contributed by atoms with Crippen LogP contribution in [0, 0.1) is 5.82 Å². The number of aryl methyl sites for hydroxylation is 1. The number of aromatic nitrogens is 3. The van der Waals surface area contributed by atoms with Gasteiger partial charge in [-0.3, -0.25) is 18.7 Å². The maximum Gasteiger partial charge on any atom is 0.332 e. The number of halogens is 1. The molecule has 0 aliphatic heterocycles. The molecule has 0 saturated heterocycles. The fraction of sp³-hybridized carbons (Fsp3) is 0.263. The zero-order chi connectivity index (χ0) is 21.1. The summed E-state index contributed by atoms with van der Waals surface area (Å²) in [6.07, 6.45) is 1.53. The number of nitrogens with one attached hydrogen (secondary N) is 1. The van der Waals surface area contributed by atoms with Gasteiger partial charge in [0, 0.05) is 43.5 Å². The van der Waals surface area contributed by atoms with Gasteiger partial charge >= 0.3 is 5.69 Å². The molecule has 10 heteroatoms. The smallest absolute Gasteiger partial charge is 0.332 e. The van der Waals surface area contributed by atoms with Crippen LogP contribution in [0.4, 0.5) is 10.1 Å². The van der Waals surface area contributed by atoms with Gasteiger partial charge in [0.25, 0.3) is 5.56 Å². The van der Waals surface area contributed by atoms with Crippen LogP contribution >= 0.6 is 11.8 Å². The van der Waals surface area contributed by atoms with Crippen molar-refractivity contribution >= 4 is 34.4 Å². The van der Waals surface area contributed by atoms with Crippen molar-refractivity contribution in [2.24, 2.45) is 14.1 Å². The third-order valence-corrected chi connectivity index (χ3v) is 5.43. The van der Waals surface area contributed by atoms with E-state index in [-0.39, 0.29) is 29.3 Å². The Hall–Kier alpha value is -2.98. The number of carbonyl (C=O) groups is 1. The third-order valence-electron chi connectivity index (χ3n) is 4.27. The van der Waals surface area contributed by atoms with Crippen molar-refractivity contribution in [2.75, 3.05) is 18.2 Å². The molecule has 0 bridgehead atoms. The molecule has 152 valence electrons. The molecular weight excluding hydrogens is 399 g/mol. The second kappa shape index (κ2) is 8.58. The molecule has 3 aromatic rings. The Labute approximate surface area is 169 Å². The number of benzene rings is 1. The summed E-state index contributed by atoms with van der Waals surface area (Å²) in [6.45, 7) is 0.191. The van der Waals surface area contributed by atoms with Gasteiger partial charge in [0.1, 0.15) is 11.5 Å². The molecule has 1 N–H and O–H groups in total. The lowest BCUT2D eigenvalue weighted by atomic mass is 10.2. The molecule has 0 saturated carbocycles. The molecular formula is C19H19FN4O4S. The number of ether oxygens (including phenoxy) is 1. The van der Waals surface area contributed by atoms with Gasteiger partial charge in [-0.15, -0.1) is 11.8 Å². The number of methoxy groups -OCH3 is 1. The van der Waals surface area contributed by atoms with Crippen LogP contribution in [-0.2, 0) is 30.2 Å². The zero-order valence-electron chi connectivity index (χ0n) is 16.1. The first-order chi connectivity index (χ1) is 13.8. The Balaban J connectivity index is 1.97. The van der Waals surface area contributed by atoms with E-state index >= 15 is 0 Å². The fourth-order valence-corrected chi connectivity index (χ4v) is 3.80. The number of amides is 1. The molecule has 0 spiro atoms. The second-order valence-electron chi connectivity index (χ2n) is 6.29. The van der Waals surface area contributed by atoms with E-state index in [2.05, 4.69) is 10.3 Å². The van der Waals surface area contributed by atoms with Crippen LogP contribution < -0.4 is 16.6 Å². The van der Waals surface area contributed by atoms with Gasteiger partial charge < -0.3 is 10.1 Å². The van der Waals surface area contributed by atoms with Crippen LogP contribution in [0.5, 0.6) is 0 Å². The van der Waals surface area contributed by atoms with E-state index in [1.807, 2.05) is 0 Å².